The number of hydrogen-bond acceptors (Lipinski definition) is 4. The van der Waals surface area contributed by atoms with Gasteiger partial charge in [0.2, 0.25) is 0 Å². The van der Waals surface area contributed by atoms with Crippen LogP contribution in [0.15, 0.2) is 36.5 Å². The van der Waals surface area contributed by atoms with Gasteiger partial charge in [-0.2, -0.15) is 13.2 Å². The van der Waals surface area contributed by atoms with Crippen LogP contribution in [0, 0.1) is 10.1 Å². The number of pyridine rings is 1. The van der Waals surface area contributed by atoms with Crippen LogP contribution in [0.25, 0.3) is 0 Å². The average Bonchev–Trinajstić information content (AvgIpc) is 2.49. The molecule has 0 saturated heterocycles. The van der Waals surface area contributed by atoms with Gasteiger partial charge in [-0.15, -0.1) is 0 Å². The molecule has 2 rings (SSSR count). The van der Waals surface area contributed by atoms with Crippen molar-refractivity contribution in [3.63, 3.8) is 0 Å². The molecule has 1 heterocycles. The monoisotopic (exact) mass is 345 g/mol. The largest absolute Gasteiger partial charge is 0.417 e. The van der Waals surface area contributed by atoms with Gasteiger partial charge in [-0.3, -0.25) is 15.1 Å². The lowest BCUT2D eigenvalue weighted by Gasteiger charge is -2.17. The molecule has 0 bridgehead atoms. The number of hydrogen-bond donors (Lipinski definition) is 1. The molecule has 1 aromatic carbocycles. The summed E-state index contributed by atoms with van der Waals surface area (Å²) in [5.41, 5.74) is 5.39. The lowest BCUT2D eigenvalue weighted by Crippen LogP contribution is -2.16. The quantitative estimate of drug-likeness (QED) is 0.675. The van der Waals surface area contributed by atoms with Gasteiger partial charge in [0.1, 0.15) is 0 Å². The molecule has 5 nitrogen and oxygen atoms in total. The minimum Gasteiger partial charge on any atom is -0.329 e. The average molecular weight is 346 g/mol. The van der Waals surface area contributed by atoms with Crippen LogP contribution in [-0.4, -0.2) is 16.5 Å². The molecule has 0 fully saturated rings. The first-order valence-corrected chi connectivity index (χ1v) is 6.79. The predicted molar refractivity (Wildman–Crippen MR) is 78.2 cm³/mol. The van der Waals surface area contributed by atoms with Crippen LogP contribution >= 0.6 is 11.6 Å². The molecule has 1 atom stereocenters. The van der Waals surface area contributed by atoms with Crippen molar-refractivity contribution in [3.05, 3.63) is 68.5 Å². The van der Waals surface area contributed by atoms with Crippen molar-refractivity contribution in [2.75, 3.05) is 6.54 Å². The third-order valence-electron chi connectivity index (χ3n) is 3.27. The zero-order valence-corrected chi connectivity index (χ0v) is 12.3. The summed E-state index contributed by atoms with van der Waals surface area (Å²) in [5.74, 6) is -0.564. The smallest absolute Gasteiger partial charge is 0.329 e. The van der Waals surface area contributed by atoms with Crippen molar-refractivity contribution in [2.24, 2.45) is 5.73 Å². The molecule has 0 aliphatic rings. The topological polar surface area (TPSA) is 82.0 Å². The maximum absolute atomic E-state index is 12.6. The summed E-state index contributed by atoms with van der Waals surface area (Å²) >= 11 is 5.91. The van der Waals surface area contributed by atoms with E-state index >= 15 is 0 Å². The molecule has 0 amide bonds. The van der Waals surface area contributed by atoms with Gasteiger partial charge in [-0.1, -0.05) is 23.7 Å². The van der Waals surface area contributed by atoms with E-state index in [2.05, 4.69) is 4.98 Å². The van der Waals surface area contributed by atoms with Gasteiger partial charge in [-0.25, -0.2) is 0 Å². The van der Waals surface area contributed by atoms with Crippen LogP contribution in [0.5, 0.6) is 0 Å². The van der Waals surface area contributed by atoms with E-state index in [1.165, 1.54) is 24.3 Å². The number of non-ortho nitro benzene ring substituents is 1. The minimum absolute atomic E-state index is 0.0376. The summed E-state index contributed by atoms with van der Waals surface area (Å²) in [6.07, 6.45) is -3.85. The Morgan fingerprint density at radius 3 is 2.35 bits per heavy atom. The molecule has 122 valence electrons. The first kappa shape index (κ1) is 17.2. The number of nitrogens with zero attached hydrogens (tertiary/aromatic N) is 2. The molecule has 1 aromatic heterocycles. The standard InChI is InChI=1S/C14H11ClF3N3O2/c15-12-5-9(14(16,17)18)7-20-13(12)11(6-19)8-1-3-10(4-2-8)21(22)23/h1-5,7,11H,6,19H2. The fourth-order valence-electron chi connectivity index (χ4n) is 2.09. The summed E-state index contributed by atoms with van der Waals surface area (Å²) in [4.78, 5) is 13.9. The van der Waals surface area contributed by atoms with E-state index < -0.39 is 22.6 Å². The zero-order chi connectivity index (χ0) is 17.2. The molecule has 0 spiro atoms. The van der Waals surface area contributed by atoms with Gasteiger partial charge in [-0.05, 0) is 11.6 Å². The molecule has 23 heavy (non-hydrogen) atoms. The highest BCUT2D eigenvalue weighted by Gasteiger charge is 2.32. The fourth-order valence-corrected chi connectivity index (χ4v) is 2.39. The Hall–Kier alpha value is -2.19. The Morgan fingerprint density at radius 1 is 1.30 bits per heavy atom. The second kappa shape index (κ2) is 6.51. The minimum atomic E-state index is -4.54. The van der Waals surface area contributed by atoms with Crippen molar-refractivity contribution >= 4 is 17.3 Å². The zero-order valence-electron chi connectivity index (χ0n) is 11.5. The summed E-state index contributed by atoms with van der Waals surface area (Å²) < 4.78 is 37.9. The van der Waals surface area contributed by atoms with Crippen LogP contribution in [0.3, 0.4) is 0 Å². The third-order valence-corrected chi connectivity index (χ3v) is 3.57. The van der Waals surface area contributed by atoms with Gasteiger partial charge < -0.3 is 5.73 Å². The van der Waals surface area contributed by atoms with Gasteiger partial charge in [0, 0.05) is 30.8 Å². The molecule has 2 N–H and O–H groups in total. The van der Waals surface area contributed by atoms with Crippen molar-refractivity contribution in [2.45, 2.75) is 12.1 Å². The van der Waals surface area contributed by atoms with Crippen LogP contribution in [0.2, 0.25) is 5.02 Å². The number of halogens is 4. The Kier molecular flexibility index (Phi) is 4.86. The third kappa shape index (κ3) is 3.77. The number of nitro groups is 1. The number of rotatable bonds is 4. The molecule has 2 aromatic rings. The van der Waals surface area contributed by atoms with Crippen LogP contribution in [0.1, 0.15) is 22.7 Å². The Balaban J connectivity index is 2.39. The Labute approximate surface area is 134 Å². The number of alkyl halides is 3. The van der Waals surface area contributed by atoms with E-state index in [9.17, 15) is 23.3 Å². The van der Waals surface area contributed by atoms with Crippen LogP contribution in [-0.2, 0) is 6.18 Å². The Bertz CT molecular complexity index is 720. The van der Waals surface area contributed by atoms with E-state index in [1.54, 1.807) is 0 Å². The highest BCUT2D eigenvalue weighted by atomic mass is 35.5. The lowest BCUT2D eigenvalue weighted by molar-refractivity contribution is -0.384. The molecule has 0 aliphatic heterocycles. The van der Waals surface area contributed by atoms with Crippen molar-refractivity contribution < 1.29 is 18.1 Å². The first-order chi connectivity index (χ1) is 10.7. The summed E-state index contributed by atoms with van der Waals surface area (Å²) in [7, 11) is 0. The van der Waals surface area contributed by atoms with E-state index in [4.69, 9.17) is 17.3 Å². The van der Waals surface area contributed by atoms with Crippen molar-refractivity contribution in [1.82, 2.24) is 4.98 Å². The molecular weight excluding hydrogens is 335 g/mol. The fraction of sp³-hybridized carbons (Fsp3) is 0.214. The number of benzene rings is 1. The number of nitro benzene ring substituents is 1. The molecule has 0 saturated carbocycles. The predicted octanol–water partition coefficient (Wildman–Crippen LogP) is 3.75. The second-order valence-corrected chi connectivity index (χ2v) is 5.13. The van der Waals surface area contributed by atoms with Crippen molar-refractivity contribution in [3.8, 4) is 0 Å². The molecule has 1 unspecified atom stereocenters. The van der Waals surface area contributed by atoms with Crippen molar-refractivity contribution in [1.29, 1.82) is 0 Å². The summed E-state index contributed by atoms with van der Waals surface area (Å²) in [6, 6.07) is 6.32. The highest BCUT2D eigenvalue weighted by Crippen LogP contribution is 2.34. The second-order valence-electron chi connectivity index (χ2n) is 4.73. The highest BCUT2D eigenvalue weighted by molar-refractivity contribution is 6.31. The summed E-state index contributed by atoms with van der Waals surface area (Å²) in [5, 5.41) is 10.5. The van der Waals surface area contributed by atoms with Crippen LogP contribution < -0.4 is 5.73 Å². The molecule has 0 radical (unpaired) electrons. The summed E-state index contributed by atoms with van der Waals surface area (Å²) in [6.45, 7) is 0.0376. The maximum atomic E-state index is 12.6. The molecular formula is C14H11ClF3N3O2. The molecule has 9 heteroatoms. The van der Waals surface area contributed by atoms with Gasteiger partial charge in [0.25, 0.3) is 5.69 Å². The first-order valence-electron chi connectivity index (χ1n) is 6.41. The van der Waals surface area contributed by atoms with Gasteiger partial charge in [0.15, 0.2) is 0 Å². The molecule has 0 aliphatic carbocycles. The van der Waals surface area contributed by atoms with Crippen LogP contribution in [0.4, 0.5) is 18.9 Å². The van der Waals surface area contributed by atoms with E-state index in [-0.39, 0.29) is 22.9 Å². The number of nitrogens with two attached hydrogens (primary N) is 1. The lowest BCUT2D eigenvalue weighted by atomic mass is 9.94. The van der Waals surface area contributed by atoms with Gasteiger partial charge >= 0.3 is 6.18 Å². The SMILES string of the molecule is NCC(c1ccc([N+](=O)[O-])cc1)c1ncc(C(F)(F)F)cc1Cl. The van der Waals surface area contributed by atoms with E-state index in [0.29, 0.717) is 11.8 Å². The van der Waals surface area contributed by atoms with E-state index in [1.807, 2.05) is 0 Å². The Morgan fingerprint density at radius 2 is 1.91 bits per heavy atom. The number of aromatic nitrogens is 1. The normalized spacial score (nSPS) is 12.9. The van der Waals surface area contributed by atoms with Gasteiger partial charge in [0.05, 0.1) is 21.2 Å². The van der Waals surface area contributed by atoms with E-state index in [0.717, 1.165) is 6.07 Å². The maximum Gasteiger partial charge on any atom is 0.417 e.